The Balaban J connectivity index is 1.99. The third kappa shape index (κ3) is 3.13. The van der Waals surface area contributed by atoms with Crippen LogP contribution >= 0.6 is 23.8 Å². The Morgan fingerprint density at radius 1 is 1.23 bits per heavy atom. The molecule has 110 valence electrons. The van der Waals surface area contributed by atoms with E-state index in [9.17, 15) is 4.39 Å². The lowest BCUT2D eigenvalue weighted by Gasteiger charge is -2.01. The van der Waals surface area contributed by atoms with Gasteiger partial charge in [0.2, 0.25) is 4.77 Å². The van der Waals surface area contributed by atoms with Crippen LogP contribution in [0.1, 0.15) is 5.56 Å². The van der Waals surface area contributed by atoms with E-state index in [2.05, 4.69) is 15.3 Å². The molecule has 0 fully saturated rings. The Bertz CT molecular complexity index is 883. The van der Waals surface area contributed by atoms with E-state index >= 15 is 0 Å². The summed E-state index contributed by atoms with van der Waals surface area (Å²) in [5.74, 6) is 0.229. The number of aromatic nitrogens is 3. The molecule has 2 aromatic carbocycles. The van der Waals surface area contributed by atoms with Gasteiger partial charge in [0.05, 0.1) is 6.21 Å². The fraction of sp³-hybridized carbons (Fsp3) is 0. The van der Waals surface area contributed by atoms with E-state index in [0.29, 0.717) is 21.2 Å². The lowest BCUT2D eigenvalue weighted by molar-refractivity contribution is 0.627. The zero-order valence-electron chi connectivity index (χ0n) is 11.2. The Morgan fingerprint density at radius 2 is 2.00 bits per heavy atom. The van der Waals surface area contributed by atoms with Crippen LogP contribution in [0, 0.1) is 10.6 Å². The number of hydrogen-bond donors (Lipinski definition) is 1. The van der Waals surface area contributed by atoms with E-state index in [1.807, 2.05) is 12.1 Å². The van der Waals surface area contributed by atoms with E-state index in [4.69, 9.17) is 23.8 Å². The summed E-state index contributed by atoms with van der Waals surface area (Å²) in [4.78, 5) is 0. The molecule has 1 heterocycles. The maximum absolute atomic E-state index is 13.2. The first-order chi connectivity index (χ1) is 10.6. The molecule has 0 aliphatic heterocycles. The molecule has 3 rings (SSSR count). The molecule has 0 unspecified atom stereocenters. The molecule has 7 heteroatoms. The van der Waals surface area contributed by atoms with Gasteiger partial charge in [-0.3, -0.25) is 0 Å². The molecule has 0 aliphatic carbocycles. The number of nitrogens with zero attached hydrogens (tertiary/aromatic N) is 3. The van der Waals surface area contributed by atoms with Gasteiger partial charge in [0.15, 0.2) is 5.82 Å². The molecule has 0 spiro atoms. The lowest BCUT2D eigenvalue weighted by atomic mass is 10.2. The normalized spacial score (nSPS) is 11.2. The Hall–Kier alpha value is -2.31. The lowest BCUT2D eigenvalue weighted by Crippen LogP contribution is -1.95. The highest BCUT2D eigenvalue weighted by molar-refractivity contribution is 7.71. The first-order valence-electron chi connectivity index (χ1n) is 6.37. The third-order valence-electron chi connectivity index (χ3n) is 2.92. The highest BCUT2D eigenvalue weighted by Gasteiger charge is 2.07. The van der Waals surface area contributed by atoms with Gasteiger partial charge in [-0.1, -0.05) is 23.7 Å². The minimum absolute atomic E-state index is 0.322. The second-order valence-corrected chi connectivity index (χ2v) is 5.29. The first-order valence-corrected chi connectivity index (χ1v) is 7.15. The number of rotatable bonds is 3. The second kappa shape index (κ2) is 6.21. The molecule has 22 heavy (non-hydrogen) atoms. The van der Waals surface area contributed by atoms with Crippen molar-refractivity contribution >= 4 is 30.0 Å². The van der Waals surface area contributed by atoms with Crippen LogP contribution in [0.3, 0.4) is 0 Å². The van der Waals surface area contributed by atoms with Crippen molar-refractivity contribution < 1.29 is 4.39 Å². The summed E-state index contributed by atoms with van der Waals surface area (Å²) in [6.45, 7) is 0. The monoisotopic (exact) mass is 332 g/mol. The first kappa shape index (κ1) is 14.6. The predicted octanol–water partition coefficient (Wildman–Crippen LogP) is 4.28. The number of H-pyrrole nitrogens is 1. The van der Waals surface area contributed by atoms with Crippen LogP contribution < -0.4 is 0 Å². The van der Waals surface area contributed by atoms with E-state index in [0.717, 1.165) is 5.56 Å². The van der Waals surface area contributed by atoms with E-state index in [1.54, 1.807) is 24.3 Å². The molecular weight excluding hydrogens is 323 g/mol. The summed E-state index contributed by atoms with van der Waals surface area (Å²) < 4.78 is 15.0. The molecule has 0 atom stereocenters. The highest BCUT2D eigenvalue weighted by atomic mass is 35.5. The van der Waals surface area contributed by atoms with Gasteiger partial charge in [-0.25, -0.2) is 9.49 Å². The maximum atomic E-state index is 13.2. The molecule has 3 aromatic rings. The maximum Gasteiger partial charge on any atom is 0.216 e. The van der Waals surface area contributed by atoms with E-state index in [1.165, 1.54) is 23.0 Å². The fourth-order valence-electron chi connectivity index (χ4n) is 1.90. The van der Waals surface area contributed by atoms with Gasteiger partial charge in [-0.05, 0) is 54.2 Å². The average molecular weight is 333 g/mol. The van der Waals surface area contributed by atoms with Crippen LogP contribution in [0.4, 0.5) is 4.39 Å². The summed E-state index contributed by atoms with van der Waals surface area (Å²) in [5.41, 5.74) is 1.44. The van der Waals surface area contributed by atoms with Gasteiger partial charge in [0.1, 0.15) is 5.82 Å². The molecule has 0 saturated heterocycles. The molecule has 0 saturated carbocycles. The smallest absolute Gasteiger partial charge is 0.216 e. The van der Waals surface area contributed by atoms with Gasteiger partial charge in [-0.2, -0.15) is 14.9 Å². The third-order valence-corrected chi connectivity index (χ3v) is 3.44. The zero-order valence-corrected chi connectivity index (χ0v) is 12.8. The van der Waals surface area contributed by atoms with Crippen molar-refractivity contribution in [1.82, 2.24) is 14.9 Å². The molecule has 0 radical (unpaired) electrons. The molecule has 1 aromatic heterocycles. The molecule has 1 N–H and O–H groups in total. The summed E-state index contributed by atoms with van der Waals surface area (Å²) in [6.07, 6.45) is 1.52. The van der Waals surface area contributed by atoms with Crippen molar-refractivity contribution in [3.63, 3.8) is 0 Å². The van der Waals surface area contributed by atoms with Crippen LogP contribution in [0.25, 0.3) is 11.4 Å². The number of halogens is 2. The van der Waals surface area contributed by atoms with Crippen LogP contribution in [0.15, 0.2) is 53.6 Å². The summed E-state index contributed by atoms with van der Waals surface area (Å²) in [7, 11) is 0. The number of aromatic amines is 1. The summed E-state index contributed by atoms with van der Waals surface area (Å²) in [6, 6.07) is 13.3. The van der Waals surface area contributed by atoms with Crippen molar-refractivity contribution in [2.24, 2.45) is 5.10 Å². The van der Waals surface area contributed by atoms with Gasteiger partial charge in [0.25, 0.3) is 0 Å². The summed E-state index contributed by atoms with van der Waals surface area (Å²) >= 11 is 11.1. The average Bonchev–Trinajstić information content (AvgIpc) is 2.87. The predicted molar refractivity (Wildman–Crippen MR) is 87.2 cm³/mol. The Labute approximate surface area is 135 Å². The van der Waals surface area contributed by atoms with Crippen LogP contribution in [0.2, 0.25) is 5.02 Å². The van der Waals surface area contributed by atoms with Gasteiger partial charge in [-0.15, -0.1) is 0 Å². The molecule has 0 amide bonds. The van der Waals surface area contributed by atoms with Gasteiger partial charge >= 0.3 is 0 Å². The molecule has 4 nitrogen and oxygen atoms in total. The Kier molecular flexibility index (Phi) is 4.13. The van der Waals surface area contributed by atoms with Crippen molar-refractivity contribution in [2.45, 2.75) is 0 Å². The summed E-state index contributed by atoms with van der Waals surface area (Å²) in [5, 5.41) is 11.8. The Morgan fingerprint density at radius 3 is 2.73 bits per heavy atom. The minimum Gasteiger partial charge on any atom is -0.250 e. The van der Waals surface area contributed by atoms with Crippen LogP contribution in [-0.4, -0.2) is 21.1 Å². The van der Waals surface area contributed by atoms with Crippen LogP contribution in [0.5, 0.6) is 0 Å². The largest absolute Gasteiger partial charge is 0.250 e. The van der Waals surface area contributed by atoms with Crippen LogP contribution in [-0.2, 0) is 0 Å². The van der Waals surface area contributed by atoms with Gasteiger partial charge < -0.3 is 0 Å². The van der Waals surface area contributed by atoms with Crippen molar-refractivity contribution in [3.05, 3.63) is 69.7 Å². The second-order valence-electron chi connectivity index (χ2n) is 4.47. The van der Waals surface area contributed by atoms with Crippen molar-refractivity contribution in [3.8, 4) is 11.4 Å². The SMILES string of the molecule is Fc1cccc(/C=N/n2c(-c3ccc(Cl)cc3)n[nH]c2=S)c1. The number of hydrogen-bond acceptors (Lipinski definition) is 3. The van der Waals surface area contributed by atoms with Gasteiger partial charge in [0, 0.05) is 10.6 Å². The standard InChI is InChI=1S/C15H10ClFN4S/c16-12-6-4-11(5-7-12)14-19-20-15(22)21(14)18-9-10-2-1-3-13(17)8-10/h1-9H,(H,20,22)/b18-9+. The van der Waals surface area contributed by atoms with Crippen molar-refractivity contribution in [2.75, 3.05) is 0 Å². The fourth-order valence-corrected chi connectivity index (χ4v) is 2.20. The molecule has 0 bridgehead atoms. The zero-order chi connectivity index (χ0) is 15.5. The molecule has 0 aliphatic rings. The number of nitrogens with one attached hydrogen (secondary N) is 1. The topological polar surface area (TPSA) is 46.0 Å². The quantitative estimate of drug-likeness (QED) is 0.574. The minimum atomic E-state index is -0.322. The molecular formula is C15H10ClFN4S. The van der Waals surface area contributed by atoms with E-state index in [-0.39, 0.29) is 5.82 Å². The highest BCUT2D eigenvalue weighted by Crippen LogP contribution is 2.19. The van der Waals surface area contributed by atoms with Crippen molar-refractivity contribution in [1.29, 1.82) is 0 Å². The number of benzene rings is 2. The van der Waals surface area contributed by atoms with E-state index < -0.39 is 0 Å².